The van der Waals surface area contributed by atoms with Crippen LogP contribution in [0.15, 0.2) is 56.9 Å². The molecule has 0 aliphatic rings. The first-order chi connectivity index (χ1) is 13.8. The summed E-state index contributed by atoms with van der Waals surface area (Å²) in [5.41, 5.74) is 1.84. The number of carbonyl (C=O) groups is 1. The van der Waals surface area contributed by atoms with Gasteiger partial charge in [-0.05, 0) is 52.0 Å². The van der Waals surface area contributed by atoms with E-state index in [1.165, 1.54) is 22.6 Å². The molecule has 2 aromatic heterocycles. The van der Waals surface area contributed by atoms with Gasteiger partial charge in [-0.2, -0.15) is 10.2 Å². The van der Waals surface area contributed by atoms with E-state index in [1.807, 2.05) is 57.3 Å². The molecule has 152 valence electrons. The average Bonchev–Trinajstić information content (AvgIpc) is 3.33. The Kier molecular flexibility index (Phi) is 6.07. The lowest BCUT2D eigenvalue weighted by molar-refractivity contribution is 0.0742. The predicted octanol–water partition coefficient (Wildman–Crippen LogP) is 5.92. The summed E-state index contributed by atoms with van der Waals surface area (Å²) in [5.74, 6) is 0.698. The van der Waals surface area contributed by atoms with Crippen LogP contribution < -0.4 is 0 Å². The molecule has 0 radical (unpaired) electrons. The summed E-state index contributed by atoms with van der Waals surface area (Å²) in [6, 6.07) is 7.14. The zero-order chi connectivity index (χ0) is 21.0. The number of oxazole rings is 1. The molecule has 0 saturated heterocycles. The van der Waals surface area contributed by atoms with Gasteiger partial charge < -0.3 is 9.52 Å². The van der Waals surface area contributed by atoms with Crippen LogP contribution in [0.2, 0.25) is 0 Å². The number of benzene rings is 1. The highest BCUT2D eigenvalue weighted by Crippen LogP contribution is 2.29. The van der Waals surface area contributed by atoms with Gasteiger partial charge in [0.25, 0.3) is 0 Å². The number of nitrogens with zero attached hydrogens (tertiary/aromatic N) is 5. The Morgan fingerprint density at radius 1 is 1.31 bits per heavy atom. The van der Waals surface area contributed by atoms with Crippen LogP contribution >= 0.6 is 11.3 Å². The molecule has 3 rings (SSSR count). The van der Waals surface area contributed by atoms with Gasteiger partial charge in [-0.25, -0.2) is 14.8 Å². The Balaban J connectivity index is 1.63. The maximum Gasteiger partial charge on any atom is 0.408 e. The van der Waals surface area contributed by atoms with Crippen LogP contribution in [0.4, 0.5) is 10.5 Å². The van der Waals surface area contributed by atoms with Crippen molar-refractivity contribution in [3.05, 3.63) is 52.9 Å². The van der Waals surface area contributed by atoms with Crippen LogP contribution in [-0.4, -0.2) is 31.6 Å². The quantitative estimate of drug-likeness (QED) is 0.505. The highest BCUT2D eigenvalue weighted by molar-refractivity contribution is 7.09. The third kappa shape index (κ3) is 5.05. The number of rotatable bonds is 6. The Hall–Kier alpha value is -3.07. The van der Waals surface area contributed by atoms with Crippen molar-refractivity contribution < 1.29 is 14.3 Å². The van der Waals surface area contributed by atoms with E-state index in [2.05, 4.69) is 20.2 Å². The van der Waals surface area contributed by atoms with Crippen molar-refractivity contribution in [1.29, 1.82) is 0 Å². The van der Waals surface area contributed by atoms with E-state index in [-0.39, 0.29) is 6.04 Å². The van der Waals surface area contributed by atoms with Gasteiger partial charge in [-0.3, -0.25) is 4.90 Å². The summed E-state index contributed by atoms with van der Waals surface area (Å²) in [7, 11) is 0. The Morgan fingerprint density at radius 2 is 2.03 bits per heavy atom. The lowest BCUT2D eigenvalue weighted by Crippen LogP contribution is -2.46. The summed E-state index contributed by atoms with van der Waals surface area (Å²) in [6.07, 6.45) is 2.08. The molecule has 3 aromatic rings. The van der Waals surface area contributed by atoms with Gasteiger partial charge in [0, 0.05) is 16.5 Å². The lowest BCUT2D eigenvalue weighted by Gasteiger charge is -2.37. The molecule has 0 bridgehead atoms. The van der Waals surface area contributed by atoms with Crippen LogP contribution in [0.3, 0.4) is 0 Å². The maximum atomic E-state index is 11.7. The zero-order valence-corrected chi connectivity index (χ0v) is 17.6. The van der Waals surface area contributed by atoms with Crippen molar-refractivity contribution in [3.8, 4) is 11.3 Å². The molecule has 0 aliphatic heterocycles. The molecule has 8 nitrogen and oxygen atoms in total. The van der Waals surface area contributed by atoms with Crippen molar-refractivity contribution in [1.82, 2.24) is 14.9 Å². The minimum atomic E-state index is -0.965. The monoisotopic (exact) mass is 413 g/mol. The van der Waals surface area contributed by atoms with Gasteiger partial charge in [0.15, 0.2) is 12.2 Å². The van der Waals surface area contributed by atoms with Crippen LogP contribution in [0.25, 0.3) is 11.3 Å². The van der Waals surface area contributed by atoms with Crippen molar-refractivity contribution in [2.45, 2.75) is 45.8 Å². The second-order valence-electron chi connectivity index (χ2n) is 7.48. The molecule has 1 atom stereocenters. The van der Waals surface area contributed by atoms with E-state index in [1.54, 1.807) is 6.20 Å². The van der Waals surface area contributed by atoms with Crippen molar-refractivity contribution in [2.75, 3.05) is 0 Å². The van der Waals surface area contributed by atoms with Crippen molar-refractivity contribution >= 4 is 23.1 Å². The molecule has 1 unspecified atom stereocenters. The fourth-order valence-electron chi connectivity index (χ4n) is 2.98. The number of hydrogen-bond acceptors (Lipinski definition) is 7. The third-order valence-electron chi connectivity index (χ3n) is 4.29. The van der Waals surface area contributed by atoms with Crippen LogP contribution in [0.1, 0.15) is 44.4 Å². The largest absolute Gasteiger partial charge is 0.465 e. The molecule has 0 spiro atoms. The second-order valence-corrected chi connectivity index (χ2v) is 8.42. The van der Waals surface area contributed by atoms with Gasteiger partial charge in [0.2, 0.25) is 0 Å². The molecule has 0 aliphatic carbocycles. The summed E-state index contributed by atoms with van der Waals surface area (Å²) in [4.78, 5) is 21.5. The standard InChI is InChI=1S/C20H23N5O3S/c1-13(25(19(26)27)20(2,3)4)16-11-29-18(23-16)10-22-24-15-7-5-14(6-8-15)17-9-21-12-28-17/h5-9,11-13H,10H2,1-4H3,(H,26,27). The number of carboxylic acid groups (broad SMARTS) is 1. The molecule has 1 aromatic carbocycles. The number of amides is 1. The summed E-state index contributed by atoms with van der Waals surface area (Å²) in [6.45, 7) is 7.78. The van der Waals surface area contributed by atoms with Crippen molar-refractivity contribution in [2.24, 2.45) is 10.2 Å². The number of azo groups is 1. The molecule has 1 N–H and O–H groups in total. The first-order valence-electron chi connectivity index (χ1n) is 9.08. The third-order valence-corrected chi connectivity index (χ3v) is 5.14. The predicted molar refractivity (Wildman–Crippen MR) is 110 cm³/mol. The van der Waals surface area contributed by atoms with E-state index >= 15 is 0 Å². The number of aromatic nitrogens is 2. The number of hydrogen-bond donors (Lipinski definition) is 1. The number of thiazole rings is 1. The molecule has 2 heterocycles. The maximum absolute atomic E-state index is 11.7. The molecule has 1 amide bonds. The molecule has 0 saturated carbocycles. The lowest BCUT2D eigenvalue weighted by atomic mass is 10.0. The molecule has 0 fully saturated rings. The summed E-state index contributed by atoms with van der Waals surface area (Å²) >= 11 is 1.45. The first kappa shape index (κ1) is 20.7. The minimum absolute atomic E-state index is 0.337. The molecular weight excluding hydrogens is 390 g/mol. The van der Waals surface area contributed by atoms with E-state index in [4.69, 9.17) is 4.42 Å². The minimum Gasteiger partial charge on any atom is -0.465 e. The fraction of sp³-hybridized carbons (Fsp3) is 0.350. The van der Waals surface area contributed by atoms with Crippen LogP contribution in [0.5, 0.6) is 0 Å². The fourth-order valence-corrected chi connectivity index (χ4v) is 3.78. The average molecular weight is 414 g/mol. The Labute approximate surface area is 173 Å². The van der Waals surface area contributed by atoms with Crippen LogP contribution in [0, 0.1) is 0 Å². The van der Waals surface area contributed by atoms with E-state index in [0.717, 1.165) is 16.3 Å². The van der Waals surface area contributed by atoms with E-state index < -0.39 is 11.6 Å². The molecule has 9 heteroatoms. The highest BCUT2D eigenvalue weighted by atomic mass is 32.1. The first-order valence-corrected chi connectivity index (χ1v) is 9.96. The second kappa shape index (κ2) is 8.52. The zero-order valence-electron chi connectivity index (χ0n) is 16.7. The Morgan fingerprint density at radius 3 is 2.62 bits per heavy atom. The smallest absolute Gasteiger partial charge is 0.408 e. The van der Waals surface area contributed by atoms with E-state index in [0.29, 0.717) is 18.0 Å². The van der Waals surface area contributed by atoms with Gasteiger partial charge >= 0.3 is 6.09 Å². The normalized spacial score (nSPS) is 13.0. The Bertz CT molecular complexity index is 974. The van der Waals surface area contributed by atoms with Gasteiger partial charge in [-0.15, -0.1) is 11.3 Å². The SMILES string of the molecule is CC(c1csc(CN=Nc2ccc(-c3cnco3)cc2)n1)N(C(=O)O)C(C)(C)C. The summed E-state index contributed by atoms with van der Waals surface area (Å²) < 4.78 is 5.26. The van der Waals surface area contributed by atoms with Gasteiger partial charge in [-0.1, -0.05) is 0 Å². The van der Waals surface area contributed by atoms with E-state index in [9.17, 15) is 9.90 Å². The summed E-state index contributed by atoms with van der Waals surface area (Å²) in [5, 5.41) is 20.7. The van der Waals surface area contributed by atoms with Gasteiger partial charge in [0.05, 0.1) is 23.6 Å². The molecular formula is C20H23N5O3S. The van der Waals surface area contributed by atoms with Crippen LogP contribution in [-0.2, 0) is 6.54 Å². The topological polar surface area (TPSA) is 104 Å². The highest BCUT2D eigenvalue weighted by Gasteiger charge is 2.32. The van der Waals surface area contributed by atoms with Crippen molar-refractivity contribution in [3.63, 3.8) is 0 Å². The van der Waals surface area contributed by atoms with Gasteiger partial charge in [0.1, 0.15) is 11.6 Å². The molecule has 29 heavy (non-hydrogen) atoms.